The van der Waals surface area contributed by atoms with Crippen molar-refractivity contribution in [1.82, 2.24) is 5.32 Å². The number of para-hydroxylation sites is 1. The first kappa shape index (κ1) is 20.5. The Morgan fingerprint density at radius 3 is 2.44 bits per heavy atom. The molecule has 0 spiro atoms. The topological polar surface area (TPSA) is 76.7 Å². The number of aryl methyl sites for hydroxylation is 1. The third-order valence-electron chi connectivity index (χ3n) is 3.95. The van der Waals surface area contributed by atoms with Gasteiger partial charge in [-0.2, -0.15) is 0 Å². The molecule has 0 aliphatic rings. The molecule has 27 heavy (non-hydrogen) atoms. The minimum atomic E-state index is -0.236. The van der Waals surface area contributed by atoms with Crippen molar-refractivity contribution in [3.63, 3.8) is 0 Å². The zero-order chi connectivity index (χ0) is 19.5. The van der Waals surface area contributed by atoms with Gasteiger partial charge in [0.05, 0.1) is 12.2 Å². The molecule has 2 aromatic carbocycles. The highest BCUT2D eigenvalue weighted by Crippen LogP contribution is 2.20. The maximum Gasteiger partial charge on any atom is 0.259 e. The molecular formula is C21H26N2O4. The quantitative estimate of drug-likeness (QED) is 0.630. The number of carbonyl (C=O) groups is 2. The van der Waals surface area contributed by atoms with E-state index in [0.29, 0.717) is 49.7 Å². The number of ether oxygens (including phenoxy) is 2. The van der Waals surface area contributed by atoms with E-state index < -0.39 is 0 Å². The van der Waals surface area contributed by atoms with Crippen molar-refractivity contribution < 1.29 is 19.1 Å². The van der Waals surface area contributed by atoms with Crippen LogP contribution < -0.4 is 15.4 Å². The molecule has 0 heterocycles. The average Bonchev–Trinajstić information content (AvgIpc) is 2.70. The second kappa shape index (κ2) is 11.0. The highest BCUT2D eigenvalue weighted by atomic mass is 16.5. The van der Waals surface area contributed by atoms with Gasteiger partial charge in [0.1, 0.15) is 12.4 Å². The van der Waals surface area contributed by atoms with E-state index in [4.69, 9.17) is 9.47 Å². The molecule has 0 aliphatic carbocycles. The number of hydrogen-bond donors (Lipinski definition) is 2. The lowest BCUT2D eigenvalue weighted by molar-refractivity contribution is -0.120. The van der Waals surface area contributed by atoms with E-state index in [1.807, 2.05) is 37.3 Å². The van der Waals surface area contributed by atoms with Gasteiger partial charge in [0.15, 0.2) is 0 Å². The molecule has 0 unspecified atom stereocenters. The number of anilines is 1. The van der Waals surface area contributed by atoms with Crippen LogP contribution in [0.2, 0.25) is 0 Å². The maximum absolute atomic E-state index is 12.6. The molecule has 0 aromatic heterocycles. The van der Waals surface area contributed by atoms with Gasteiger partial charge in [0.25, 0.3) is 5.91 Å². The molecule has 2 aromatic rings. The fraction of sp³-hybridized carbons (Fsp3) is 0.333. The van der Waals surface area contributed by atoms with Crippen LogP contribution in [0, 0.1) is 0 Å². The number of carbonyl (C=O) groups excluding carboxylic acids is 2. The van der Waals surface area contributed by atoms with Crippen LogP contribution in [-0.2, 0) is 16.0 Å². The summed E-state index contributed by atoms with van der Waals surface area (Å²) in [5.41, 5.74) is 2.20. The molecule has 6 nitrogen and oxygen atoms in total. The lowest BCUT2D eigenvalue weighted by atomic mass is 10.1. The van der Waals surface area contributed by atoms with Gasteiger partial charge in [-0.1, -0.05) is 24.3 Å². The summed E-state index contributed by atoms with van der Waals surface area (Å²) in [7, 11) is 1.62. The Bertz CT molecular complexity index is 744. The molecule has 0 saturated heterocycles. The van der Waals surface area contributed by atoms with Crippen LogP contribution in [0.1, 0.15) is 29.3 Å². The van der Waals surface area contributed by atoms with Gasteiger partial charge in [-0.15, -0.1) is 0 Å². The molecule has 0 saturated carbocycles. The van der Waals surface area contributed by atoms with E-state index >= 15 is 0 Å². The van der Waals surface area contributed by atoms with Crippen molar-refractivity contribution in [2.45, 2.75) is 19.8 Å². The minimum Gasteiger partial charge on any atom is -0.490 e. The van der Waals surface area contributed by atoms with Gasteiger partial charge < -0.3 is 20.1 Å². The van der Waals surface area contributed by atoms with Crippen molar-refractivity contribution in [3.8, 4) is 5.75 Å². The second-order valence-corrected chi connectivity index (χ2v) is 5.87. The number of hydrogen-bond acceptors (Lipinski definition) is 4. The number of benzene rings is 2. The molecule has 0 atom stereocenters. The van der Waals surface area contributed by atoms with E-state index in [9.17, 15) is 9.59 Å². The van der Waals surface area contributed by atoms with Crippen LogP contribution in [-0.4, -0.2) is 38.7 Å². The molecule has 0 radical (unpaired) electrons. The summed E-state index contributed by atoms with van der Waals surface area (Å²) in [5.74, 6) is 0.297. The van der Waals surface area contributed by atoms with Crippen molar-refractivity contribution in [3.05, 3.63) is 59.7 Å². The van der Waals surface area contributed by atoms with Gasteiger partial charge in [-0.3, -0.25) is 9.59 Å². The maximum atomic E-state index is 12.6. The van der Waals surface area contributed by atoms with Gasteiger partial charge in [-0.05, 0) is 43.2 Å². The van der Waals surface area contributed by atoms with Crippen LogP contribution in [0.25, 0.3) is 0 Å². The molecule has 2 rings (SSSR count). The summed E-state index contributed by atoms with van der Waals surface area (Å²) in [5, 5.41) is 5.48. The lowest BCUT2D eigenvalue weighted by Crippen LogP contribution is -2.18. The summed E-state index contributed by atoms with van der Waals surface area (Å²) in [6.45, 7) is 3.41. The number of amides is 2. The van der Waals surface area contributed by atoms with Crippen LogP contribution in [0.3, 0.4) is 0 Å². The smallest absolute Gasteiger partial charge is 0.259 e. The molecule has 0 fully saturated rings. The first-order valence-corrected chi connectivity index (χ1v) is 9.04. The lowest BCUT2D eigenvalue weighted by Gasteiger charge is -2.12. The molecule has 2 amide bonds. The molecule has 0 bridgehead atoms. The third kappa shape index (κ3) is 6.75. The summed E-state index contributed by atoms with van der Waals surface area (Å²) in [6, 6.07) is 14.6. The van der Waals surface area contributed by atoms with E-state index in [-0.39, 0.29) is 11.8 Å². The summed E-state index contributed by atoms with van der Waals surface area (Å²) in [4.78, 5) is 23.9. The molecule has 6 heteroatoms. The highest BCUT2D eigenvalue weighted by Gasteiger charge is 2.12. The zero-order valence-electron chi connectivity index (χ0n) is 15.8. The Kier molecular flexibility index (Phi) is 8.32. The van der Waals surface area contributed by atoms with Crippen molar-refractivity contribution >= 4 is 17.5 Å². The minimum absolute atomic E-state index is 0.00771. The Morgan fingerprint density at radius 2 is 1.74 bits per heavy atom. The molecule has 2 N–H and O–H groups in total. The first-order valence-electron chi connectivity index (χ1n) is 9.04. The largest absolute Gasteiger partial charge is 0.490 e. The van der Waals surface area contributed by atoms with Crippen LogP contribution in [0.15, 0.2) is 48.5 Å². The standard InChI is InChI=1S/C21H26N2O4/c1-3-26-14-15-27-19-7-5-4-6-18(19)21(25)23-17-11-8-16(9-12-17)10-13-20(24)22-2/h4-9,11-12H,3,10,13-15H2,1-2H3,(H,22,24)(H,23,25). The van der Waals surface area contributed by atoms with Gasteiger partial charge >= 0.3 is 0 Å². The van der Waals surface area contributed by atoms with Crippen molar-refractivity contribution in [2.24, 2.45) is 0 Å². The van der Waals surface area contributed by atoms with Crippen LogP contribution in [0.4, 0.5) is 5.69 Å². The molecular weight excluding hydrogens is 344 g/mol. The van der Waals surface area contributed by atoms with Gasteiger partial charge in [0.2, 0.25) is 5.91 Å². The monoisotopic (exact) mass is 370 g/mol. The van der Waals surface area contributed by atoms with E-state index in [2.05, 4.69) is 10.6 Å². The van der Waals surface area contributed by atoms with Gasteiger partial charge in [-0.25, -0.2) is 0 Å². The van der Waals surface area contributed by atoms with Crippen LogP contribution >= 0.6 is 0 Å². The SMILES string of the molecule is CCOCCOc1ccccc1C(=O)Nc1ccc(CCC(=O)NC)cc1. The third-order valence-corrected chi connectivity index (χ3v) is 3.95. The summed E-state index contributed by atoms with van der Waals surface area (Å²) < 4.78 is 10.9. The van der Waals surface area contributed by atoms with E-state index in [1.165, 1.54) is 0 Å². The Balaban J connectivity index is 1.95. The van der Waals surface area contributed by atoms with Crippen LogP contribution in [0.5, 0.6) is 5.75 Å². The van der Waals surface area contributed by atoms with Gasteiger partial charge in [0, 0.05) is 25.8 Å². The first-order chi connectivity index (χ1) is 13.1. The Labute approximate surface area is 159 Å². The summed E-state index contributed by atoms with van der Waals surface area (Å²) >= 11 is 0. The predicted octanol–water partition coefficient (Wildman–Crippen LogP) is 3.03. The number of rotatable bonds is 10. The highest BCUT2D eigenvalue weighted by molar-refractivity contribution is 6.06. The second-order valence-electron chi connectivity index (χ2n) is 5.87. The molecule has 144 valence electrons. The molecule has 0 aliphatic heterocycles. The van der Waals surface area contributed by atoms with Crippen molar-refractivity contribution in [1.29, 1.82) is 0 Å². The fourth-order valence-electron chi connectivity index (χ4n) is 2.47. The van der Waals surface area contributed by atoms with E-state index in [0.717, 1.165) is 5.56 Å². The number of nitrogens with one attached hydrogen (secondary N) is 2. The van der Waals surface area contributed by atoms with Crippen molar-refractivity contribution in [2.75, 3.05) is 32.2 Å². The normalized spacial score (nSPS) is 10.3. The average molecular weight is 370 g/mol. The Hall–Kier alpha value is -2.86. The fourth-order valence-corrected chi connectivity index (χ4v) is 2.47. The Morgan fingerprint density at radius 1 is 1.00 bits per heavy atom. The summed E-state index contributed by atoms with van der Waals surface area (Å²) in [6.07, 6.45) is 1.10. The zero-order valence-corrected chi connectivity index (χ0v) is 15.8. The van der Waals surface area contributed by atoms with E-state index in [1.54, 1.807) is 25.2 Å². The predicted molar refractivity (Wildman–Crippen MR) is 105 cm³/mol.